The normalized spacial score (nSPS) is 37.8. The van der Waals surface area contributed by atoms with Crippen LogP contribution in [0.1, 0.15) is 78.4 Å². The monoisotopic (exact) mass is 446 g/mol. The van der Waals surface area contributed by atoms with Crippen LogP contribution in [-0.2, 0) is 9.47 Å². The van der Waals surface area contributed by atoms with Crippen LogP contribution in [0.25, 0.3) is 0 Å². The van der Waals surface area contributed by atoms with Gasteiger partial charge in [-0.3, -0.25) is 0 Å². The lowest BCUT2D eigenvalue weighted by atomic mass is 9.44. The lowest BCUT2D eigenvalue weighted by Gasteiger charge is -2.63. The molecule has 1 unspecified atom stereocenters. The lowest BCUT2D eigenvalue weighted by molar-refractivity contribution is -0.305. The molecular weight excluding hydrogens is 408 g/mol. The van der Waals surface area contributed by atoms with Crippen molar-refractivity contribution in [2.24, 2.45) is 22.7 Å². The van der Waals surface area contributed by atoms with Crippen molar-refractivity contribution in [1.82, 2.24) is 0 Å². The largest absolute Gasteiger partial charge is 0.496 e. The van der Waals surface area contributed by atoms with Crippen molar-refractivity contribution in [2.45, 2.75) is 84.4 Å². The van der Waals surface area contributed by atoms with Gasteiger partial charge in [0.25, 0.3) is 0 Å². The van der Waals surface area contributed by atoms with Crippen LogP contribution in [-0.4, -0.2) is 37.0 Å². The molecule has 0 radical (unpaired) electrons. The molecule has 1 saturated heterocycles. The molecule has 178 valence electrons. The van der Waals surface area contributed by atoms with Crippen LogP contribution < -0.4 is 14.2 Å². The third-order valence-corrected chi connectivity index (χ3v) is 9.21. The van der Waals surface area contributed by atoms with E-state index >= 15 is 0 Å². The summed E-state index contributed by atoms with van der Waals surface area (Å²) in [5.74, 6) is 1.11. The van der Waals surface area contributed by atoms with Crippen molar-refractivity contribution in [3.63, 3.8) is 0 Å². The summed E-state index contributed by atoms with van der Waals surface area (Å²) in [4.78, 5) is 0. The van der Waals surface area contributed by atoms with Crippen LogP contribution >= 0.6 is 0 Å². The predicted octanol–water partition coefficient (Wildman–Crippen LogP) is 5.22. The van der Waals surface area contributed by atoms with E-state index in [-0.39, 0.29) is 11.3 Å². The zero-order chi connectivity index (χ0) is 22.9. The van der Waals surface area contributed by atoms with Gasteiger partial charge in [-0.2, -0.15) is 0 Å². The van der Waals surface area contributed by atoms with Gasteiger partial charge >= 0.3 is 0 Å². The molecule has 2 saturated carbocycles. The van der Waals surface area contributed by atoms with Crippen molar-refractivity contribution < 1.29 is 28.8 Å². The number of fused-ring (bicyclic) bond motifs is 3. The highest BCUT2D eigenvalue weighted by Crippen LogP contribution is 2.68. The molecule has 1 aromatic carbocycles. The Balaban J connectivity index is 1.62. The topological polar surface area (TPSA) is 66.4 Å². The van der Waals surface area contributed by atoms with Gasteiger partial charge in [-0.1, -0.05) is 20.8 Å². The maximum absolute atomic E-state index is 12.2. The molecule has 6 heteroatoms. The molecule has 0 bridgehead atoms. The minimum atomic E-state index is -0.781. The Hall–Kier alpha value is -1.50. The summed E-state index contributed by atoms with van der Waals surface area (Å²) < 4.78 is 30.6. The van der Waals surface area contributed by atoms with E-state index in [0.29, 0.717) is 41.9 Å². The number of rotatable bonds is 3. The Morgan fingerprint density at radius 3 is 2.44 bits per heavy atom. The van der Waals surface area contributed by atoms with E-state index in [2.05, 4.69) is 20.8 Å². The van der Waals surface area contributed by atoms with Crippen molar-refractivity contribution in [2.75, 3.05) is 20.3 Å². The number of aliphatic hydroxyl groups is 1. The Morgan fingerprint density at radius 1 is 1.03 bits per heavy atom. The highest BCUT2D eigenvalue weighted by atomic mass is 16.7. The molecule has 1 aromatic rings. The molecule has 2 aliphatic heterocycles. The number of benzene rings is 1. The second kappa shape index (κ2) is 7.25. The van der Waals surface area contributed by atoms with Crippen molar-refractivity contribution >= 4 is 0 Å². The molecule has 1 N–H and O–H groups in total. The van der Waals surface area contributed by atoms with E-state index in [4.69, 9.17) is 23.7 Å². The summed E-state index contributed by atoms with van der Waals surface area (Å²) in [5, 5.41) is 12.2. The molecule has 0 amide bonds. The second-order valence-corrected chi connectivity index (χ2v) is 11.1. The number of ether oxygens (including phenoxy) is 5. The lowest BCUT2D eigenvalue weighted by Crippen LogP contribution is -2.62. The van der Waals surface area contributed by atoms with Crippen LogP contribution in [0.2, 0.25) is 0 Å². The third kappa shape index (κ3) is 2.88. The van der Waals surface area contributed by atoms with Crippen LogP contribution in [0.4, 0.5) is 0 Å². The van der Waals surface area contributed by atoms with Gasteiger partial charge in [-0.25, -0.2) is 0 Å². The maximum Gasteiger partial charge on any atom is 0.246 e. The summed E-state index contributed by atoms with van der Waals surface area (Å²) >= 11 is 0. The Labute approximate surface area is 191 Å². The zero-order valence-electron chi connectivity index (χ0n) is 20.3. The Morgan fingerprint density at radius 2 is 1.75 bits per heavy atom. The smallest absolute Gasteiger partial charge is 0.246 e. The van der Waals surface area contributed by atoms with Crippen molar-refractivity contribution in [3.8, 4) is 17.2 Å². The van der Waals surface area contributed by atoms with Crippen LogP contribution in [0.15, 0.2) is 12.1 Å². The van der Waals surface area contributed by atoms with Gasteiger partial charge < -0.3 is 28.8 Å². The van der Waals surface area contributed by atoms with Gasteiger partial charge in [-0.15, -0.1) is 0 Å². The first-order valence-electron chi connectivity index (χ1n) is 12.1. The molecule has 5 atom stereocenters. The average molecular weight is 447 g/mol. The fourth-order valence-corrected chi connectivity index (χ4v) is 7.36. The molecule has 32 heavy (non-hydrogen) atoms. The van der Waals surface area contributed by atoms with Crippen molar-refractivity contribution in [3.05, 3.63) is 17.7 Å². The highest BCUT2D eigenvalue weighted by molar-refractivity contribution is 5.57. The van der Waals surface area contributed by atoms with Crippen LogP contribution in [0, 0.1) is 22.7 Å². The first-order valence-corrected chi connectivity index (χ1v) is 12.1. The molecule has 4 aliphatic rings. The summed E-state index contributed by atoms with van der Waals surface area (Å²) in [7, 11) is 1.64. The fourth-order valence-electron chi connectivity index (χ4n) is 7.36. The Bertz CT molecular complexity index is 891. The van der Waals surface area contributed by atoms with E-state index in [1.807, 2.05) is 26.0 Å². The molecule has 5 rings (SSSR count). The minimum absolute atomic E-state index is 0.161. The van der Waals surface area contributed by atoms with E-state index in [1.54, 1.807) is 7.11 Å². The van der Waals surface area contributed by atoms with Crippen molar-refractivity contribution in [1.29, 1.82) is 0 Å². The summed E-state index contributed by atoms with van der Waals surface area (Å²) in [6.45, 7) is 11.9. The first kappa shape index (κ1) is 22.3. The Kier molecular flexibility index (Phi) is 5.05. The fraction of sp³-hybridized carbons (Fsp3) is 0.769. The molecule has 3 fully saturated rings. The number of hydrogen-bond donors (Lipinski definition) is 1. The number of methoxy groups -OCH3 is 1. The predicted molar refractivity (Wildman–Crippen MR) is 120 cm³/mol. The van der Waals surface area contributed by atoms with Crippen LogP contribution in [0.3, 0.4) is 0 Å². The van der Waals surface area contributed by atoms with E-state index in [1.165, 1.54) is 0 Å². The van der Waals surface area contributed by atoms with Gasteiger partial charge in [-0.05, 0) is 49.7 Å². The number of aliphatic hydroxyl groups excluding tert-OH is 1. The van der Waals surface area contributed by atoms with Gasteiger partial charge in [0.15, 0.2) is 17.3 Å². The first-order chi connectivity index (χ1) is 15.1. The molecule has 0 aromatic heterocycles. The molecule has 6 nitrogen and oxygen atoms in total. The standard InChI is InChI=1S/C26H38O6/c1-16-11-13-24(4)19(8-7-12-26(24)29-14-15-30-26)25(16,5)22(27)20-17(28-6)9-10-18-21(20)32-23(2,3)31-18/h9-10,16,19,22,27H,7-8,11-15H2,1-6H3/t16-,19+,22?,24-,25+/m0/s1. The van der Waals surface area contributed by atoms with E-state index in [9.17, 15) is 5.11 Å². The van der Waals surface area contributed by atoms with Gasteiger partial charge in [0, 0.05) is 31.1 Å². The maximum atomic E-state index is 12.2. The van der Waals surface area contributed by atoms with Gasteiger partial charge in [0.2, 0.25) is 5.79 Å². The quantitative estimate of drug-likeness (QED) is 0.687. The third-order valence-electron chi connectivity index (χ3n) is 9.21. The molecule has 1 spiro atoms. The van der Waals surface area contributed by atoms with E-state index in [0.717, 1.165) is 32.1 Å². The summed E-state index contributed by atoms with van der Waals surface area (Å²) in [5.41, 5.74) is 0.127. The van der Waals surface area contributed by atoms with Gasteiger partial charge in [0.05, 0.1) is 32.0 Å². The zero-order valence-corrected chi connectivity index (χ0v) is 20.3. The SMILES string of the molecule is COc1ccc2c(c1C(O)[C@]1(C)[C@@H](C)CC[C@@]3(C)[C@H]1CCCC31OCCO1)OC(C)(C)O2. The molecular formula is C26H38O6. The summed E-state index contributed by atoms with van der Waals surface area (Å²) in [6, 6.07) is 3.75. The molecule has 2 heterocycles. The van der Waals surface area contributed by atoms with Crippen LogP contribution in [0.5, 0.6) is 17.2 Å². The summed E-state index contributed by atoms with van der Waals surface area (Å²) in [6.07, 6.45) is 4.28. The number of hydrogen-bond acceptors (Lipinski definition) is 6. The molecule has 2 aliphatic carbocycles. The second-order valence-electron chi connectivity index (χ2n) is 11.1. The van der Waals surface area contributed by atoms with E-state index < -0.39 is 23.1 Å². The van der Waals surface area contributed by atoms with Gasteiger partial charge in [0.1, 0.15) is 5.75 Å². The highest BCUT2D eigenvalue weighted by Gasteiger charge is 2.66. The average Bonchev–Trinajstić information content (AvgIpc) is 3.35. The minimum Gasteiger partial charge on any atom is -0.496 e.